The zero-order chi connectivity index (χ0) is 18.0. The molecule has 0 spiro atoms. The lowest BCUT2D eigenvalue weighted by atomic mass is 9.83. The maximum Gasteiger partial charge on any atom is -0.01000 e. The first-order chi connectivity index (χ1) is 12.0. The molecule has 3 aromatic carbocycles. The molecule has 0 saturated heterocycles. The lowest BCUT2D eigenvalue weighted by Crippen LogP contribution is -2.03. The van der Waals surface area contributed by atoms with Crippen LogP contribution in [0.1, 0.15) is 44.5 Å². The van der Waals surface area contributed by atoms with Gasteiger partial charge in [-0.3, -0.25) is 0 Å². The van der Waals surface area contributed by atoms with E-state index in [0.29, 0.717) is 0 Å². The SMILES string of the molecule is Cc1c(C)c(C)c(/C(=C\c2ccccc2)c2ccccc2)c(C)c1C. The van der Waals surface area contributed by atoms with E-state index in [-0.39, 0.29) is 0 Å². The van der Waals surface area contributed by atoms with Gasteiger partial charge in [0.1, 0.15) is 0 Å². The molecule has 25 heavy (non-hydrogen) atoms. The molecule has 0 aromatic heterocycles. The second-order valence-electron chi connectivity index (χ2n) is 6.83. The lowest BCUT2D eigenvalue weighted by molar-refractivity contribution is 1.16. The van der Waals surface area contributed by atoms with E-state index in [4.69, 9.17) is 0 Å². The molecule has 0 fully saturated rings. The summed E-state index contributed by atoms with van der Waals surface area (Å²) in [5, 5.41) is 0. The molecule has 0 aliphatic heterocycles. The van der Waals surface area contributed by atoms with Crippen LogP contribution in [0.3, 0.4) is 0 Å². The summed E-state index contributed by atoms with van der Waals surface area (Å²) in [5.41, 5.74) is 12.1. The van der Waals surface area contributed by atoms with Crippen molar-refractivity contribution in [3.63, 3.8) is 0 Å². The van der Waals surface area contributed by atoms with Crippen LogP contribution in [0, 0.1) is 34.6 Å². The molecule has 0 N–H and O–H groups in total. The minimum absolute atomic E-state index is 1.23. The second-order valence-corrected chi connectivity index (χ2v) is 6.83. The van der Waals surface area contributed by atoms with Gasteiger partial charge in [-0.05, 0) is 90.8 Å². The highest BCUT2D eigenvalue weighted by atomic mass is 14.2. The smallest absolute Gasteiger partial charge is 0.01000 e. The van der Waals surface area contributed by atoms with E-state index in [2.05, 4.69) is 101 Å². The fourth-order valence-corrected chi connectivity index (χ4v) is 3.54. The van der Waals surface area contributed by atoms with E-state index in [9.17, 15) is 0 Å². The van der Waals surface area contributed by atoms with Gasteiger partial charge >= 0.3 is 0 Å². The Balaban J connectivity index is 2.33. The molecule has 0 heteroatoms. The van der Waals surface area contributed by atoms with E-state index in [1.54, 1.807) is 0 Å². The van der Waals surface area contributed by atoms with Crippen LogP contribution in [-0.4, -0.2) is 0 Å². The van der Waals surface area contributed by atoms with Gasteiger partial charge in [-0.15, -0.1) is 0 Å². The number of rotatable bonds is 3. The van der Waals surface area contributed by atoms with Crippen molar-refractivity contribution in [1.29, 1.82) is 0 Å². The Labute approximate surface area is 151 Å². The summed E-state index contributed by atoms with van der Waals surface area (Å²) in [7, 11) is 0. The molecule has 0 aliphatic carbocycles. The standard InChI is InChI=1S/C25H26/c1-17-18(2)20(4)25(21(5)19(17)3)24(23-14-10-7-11-15-23)16-22-12-8-6-9-13-22/h6-16H,1-5H3/b24-16-. The quantitative estimate of drug-likeness (QED) is 0.463. The van der Waals surface area contributed by atoms with Gasteiger partial charge < -0.3 is 0 Å². The van der Waals surface area contributed by atoms with Crippen LogP contribution < -0.4 is 0 Å². The summed E-state index contributed by atoms with van der Waals surface area (Å²) in [6.07, 6.45) is 2.32. The van der Waals surface area contributed by atoms with Gasteiger partial charge in [0.2, 0.25) is 0 Å². The molecule has 126 valence electrons. The Hall–Kier alpha value is -2.60. The molecule has 0 heterocycles. The Bertz CT molecular complexity index is 884. The van der Waals surface area contributed by atoms with Crippen molar-refractivity contribution in [2.45, 2.75) is 34.6 Å². The Morgan fingerprint density at radius 1 is 0.560 bits per heavy atom. The predicted octanol–water partition coefficient (Wildman–Crippen LogP) is 6.82. The number of benzene rings is 3. The average Bonchev–Trinajstić information content (AvgIpc) is 2.65. The van der Waals surface area contributed by atoms with Crippen molar-refractivity contribution in [2.24, 2.45) is 0 Å². The molecule has 0 radical (unpaired) electrons. The average molecular weight is 326 g/mol. The predicted molar refractivity (Wildman–Crippen MR) is 110 cm³/mol. The monoisotopic (exact) mass is 326 g/mol. The second kappa shape index (κ2) is 7.11. The van der Waals surface area contributed by atoms with Crippen molar-refractivity contribution in [2.75, 3.05) is 0 Å². The topological polar surface area (TPSA) is 0 Å². The van der Waals surface area contributed by atoms with Crippen molar-refractivity contribution >= 4 is 11.6 Å². The zero-order valence-corrected chi connectivity index (χ0v) is 15.9. The molecular formula is C25H26. The van der Waals surface area contributed by atoms with Crippen molar-refractivity contribution in [3.8, 4) is 0 Å². The van der Waals surface area contributed by atoms with Gasteiger partial charge in [-0.2, -0.15) is 0 Å². The van der Waals surface area contributed by atoms with Crippen LogP contribution in [0.5, 0.6) is 0 Å². The fourth-order valence-electron chi connectivity index (χ4n) is 3.54. The summed E-state index contributed by atoms with van der Waals surface area (Å²) in [6, 6.07) is 21.3. The van der Waals surface area contributed by atoms with Crippen molar-refractivity contribution in [1.82, 2.24) is 0 Å². The fraction of sp³-hybridized carbons (Fsp3) is 0.200. The normalized spacial score (nSPS) is 11.6. The van der Waals surface area contributed by atoms with E-state index in [1.165, 1.54) is 50.1 Å². The highest BCUT2D eigenvalue weighted by Crippen LogP contribution is 2.35. The lowest BCUT2D eigenvalue weighted by Gasteiger charge is -2.21. The van der Waals surface area contributed by atoms with Crippen LogP contribution in [0.2, 0.25) is 0 Å². The van der Waals surface area contributed by atoms with Gasteiger partial charge in [0.25, 0.3) is 0 Å². The van der Waals surface area contributed by atoms with E-state index >= 15 is 0 Å². The Kier molecular flexibility index (Phi) is 4.90. The molecule has 0 amide bonds. The Morgan fingerprint density at radius 3 is 1.52 bits per heavy atom. The molecule has 3 rings (SSSR count). The summed E-state index contributed by atoms with van der Waals surface area (Å²) in [4.78, 5) is 0. The van der Waals surface area contributed by atoms with Gasteiger partial charge in [0.05, 0.1) is 0 Å². The summed E-state index contributed by atoms with van der Waals surface area (Å²) in [5.74, 6) is 0. The molecule has 0 aliphatic rings. The maximum atomic E-state index is 2.32. The molecule has 3 aromatic rings. The van der Waals surface area contributed by atoms with Crippen molar-refractivity contribution < 1.29 is 0 Å². The highest BCUT2D eigenvalue weighted by Gasteiger charge is 2.16. The minimum atomic E-state index is 1.23. The van der Waals surface area contributed by atoms with Gasteiger partial charge in [0, 0.05) is 0 Å². The van der Waals surface area contributed by atoms with E-state index < -0.39 is 0 Å². The van der Waals surface area contributed by atoms with Crippen LogP contribution in [0.15, 0.2) is 60.7 Å². The largest absolute Gasteiger partial charge is 0.0622 e. The zero-order valence-electron chi connectivity index (χ0n) is 15.9. The summed E-state index contributed by atoms with van der Waals surface area (Å²) < 4.78 is 0. The van der Waals surface area contributed by atoms with Gasteiger partial charge in [-0.25, -0.2) is 0 Å². The van der Waals surface area contributed by atoms with Crippen LogP contribution in [0.4, 0.5) is 0 Å². The molecule has 0 unspecified atom stereocenters. The molecule has 0 bridgehead atoms. The highest BCUT2D eigenvalue weighted by molar-refractivity contribution is 5.94. The maximum absolute atomic E-state index is 2.32. The first-order valence-corrected chi connectivity index (χ1v) is 8.90. The first-order valence-electron chi connectivity index (χ1n) is 8.90. The van der Waals surface area contributed by atoms with E-state index in [0.717, 1.165) is 0 Å². The molecular weight excluding hydrogens is 300 g/mol. The third-order valence-corrected chi connectivity index (χ3v) is 5.46. The summed E-state index contributed by atoms with van der Waals surface area (Å²) in [6.45, 7) is 11.2. The van der Waals surface area contributed by atoms with Gasteiger partial charge in [-0.1, -0.05) is 60.7 Å². The third kappa shape index (κ3) is 3.30. The Morgan fingerprint density at radius 2 is 1.00 bits per heavy atom. The number of hydrogen-bond donors (Lipinski definition) is 0. The van der Waals surface area contributed by atoms with Crippen molar-refractivity contribution in [3.05, 3.63) is 105 Å². The van der Waals surface area contributed by atoms with E-state index in [1.807, 2.05) is 0 Å². The molecule has 0 saturated carbocycles. The first kappa shape index (κ1) is 17.2. The number of hydrogen-bond acceptors (Lipinski definition) is 0. The van der Waals surface area contributed by atoms with Crippen LogP contribution >= 0.6 is 0 Å². The van der Waals surface area contributed by atoms with Gasteiger partial charge in [0.15, 0.2) is 0 Å². The van der Waals surface area contributed by atoms with Crippen LogP contribution in [0.25, 0.3) is 11.6 Å². The third-order valence-electron chi connectivity index (χ3n) is 5.46. The minimum Gasteiger partial charge on any atom is -0.0622 e. The van der Waals surface area contributed by atoms with Crippen LogP contribution in [-0.2, 0) is 0 Å². The molecule has 0 nitrogen and oxygen atoms in total. The summed E-state index contributed by atoms with van der Waals surface area (Å²) >= 11 is 0. The molecule has 0 atom stereocenters.